The van der Waals surface area contributed by atoms with Gasteiger partial charge in [0.2, 0.25) is 0 Å². The monoisotopic (exact) mass is 290 g/mol. The first kappa shape index (κ1) is 16.2. The van der Waals surface area contributed by atoms with Gasteiger partial charge in [-0.1, -0.05) is 26.0 Å². The van der Waals surface area contributed by atoms with E-state index in [1.807, 2.05) is 6.07 Å². The minimum absolute atomic E-state index is 0.496. The summed E-state index contributed by atoms with van der Waals surface area (Å²) in [6.45, 7) is 11.1. The summed E-state index contributed by atoms with van der Waals surface area (Å²) in [5.41, 5.74) is 1.14. The van der Waals surface area contributed by atoms with Crippen LogP contribution in [0.2, 0.25) is 0 Å². The van der Waals surface area contributed by atoms with Crippen molar-refractivity contribution in [2.24, 2.45) is 5.92 Å². The number of hydrogen-bond acceptors (Lipinski definition) is 3. The Labute approximate surface area is 129 Å². The lowest BCUT2D eigenvalue weighted by molar-refractivity contribution is 0.183. The Hall–Kier alpha value is -1.22. The summed E-state index contributed by atoms with van der Waals surface area (Å²) in [5.74, 6) is 1.74. The van der Waals surface area contributed by atoms with Gasteiger partial charge in [-0.3, -0.25) is 0 Å². The van der Waals surface area contributed by atoms with Crippen molar-refractivity contribution in [3.05, 3.63) is 24.3 Å². The second kappa shape index (κ2) is 8.28. The summed E-state index contributed by atoms with van der Waals surface area (Å²) in [4.78, 5) is 2.54. The van der Waals surface area contributed by atoms with Crippen molar-refractivity contribution in [3.63, 3.8) is 0 Å². The van der Waals surface area contributed by atoms with Gasteiger partial charge in [0.15, 0.2) is 0 Å². The van der Waals surface area contributed by atoms with Crippen molar-refractivity contribution in [1.29, 1.82) is 0 Å². The lowest BCUT2D eigenvalue weighted by Gasteiger charge is -2.35. The van der Waals surface area contributed by atoms with Crippen LogP contribution in [0.15, 0.2) is 24.3 Å². The molecule has 1 heterocycles. The van der Waals surface area contributed by atoms with Gasteiger partial charge >= 0.3 is 0 Å². The van der Waals surface area contributed by atoms with Crippen LogP contribution in [0.5, 0.6) is 5.75 Å². The molecule has 1 fully saturated rings. The molecule has 1 aliphatic heterocycles. The van der Waals surface area contributed by atoms with Gasteiger partial charge in [0, 0.05) is 6.04 Å². The van der Waals surface area contributed by atoms with Crippen LogP contribution in [0, 0.1) is 5.92 Å². The highest BCUT2D eigenvalue weighted by Crippen LogP contribution is 2.28. The summed E-state index contributed by atoms with van der Waals surface area (Å²) in [6, 6.07) is 8.80. The number of ether oxygens (including phenoxy) is 1. The smallest absolute Gasteiger partial charge is 0.142 e. The molecule has 1 saturated heterocycles. The normalized spacial score (nSPS) is 18.4. The minimum atomic E-state index is 0.496. The highest BCUT2D eigenvalue weighted by molar-refractivity contribution is 5.56. The second-order valence-electron chi connectivity index (χ2n) is 6.05. The Kier molecular flexibility index (Phi) is 6.37. The van der Waals surface area contributed by atoms with Gasteiger partial charge in [-0.2, -0.15) is 0 Å². The molecule has 0 amide bonds. The molecular weight excluding hydrogens is 260 g/mol. The van der Waals surface area contributed by atoms with Crippen LogP contribution in [0.3, 0.4) is 0 Å². The molecule has 0 saturated carbocycles. The molecule has 0 radical (unpaired) electrons. The Morgan fingerprint density at radius 1 is 1.24 bits per heavy atom. The summed E-state index contributed by atoms with van der Waals surface area (Å²) < 4.78 is 5.84. The second-order valence-corrected chi connectivity index (χ2v) is 6.05. The average Bonchev–Trinajstić information content (AvgIpc) is 2.54. The minimum Gasteiger partial charge on any atom is -0.491 e. The van der Waals surface area contributed by atoms with Crippen molar-refractivity contribution in [3.8, 4) is 5.75 Å². The van der Waals surface area contributed by atoms with Crippen molar-refractivity contribution < 1.29 is 4.74 Å². The van der Waals surface area contributed by atoms with Crippen LogP contribution in [-0.4, -0.2) is 37.2 Å². The quantitative estimate of drug-likeness (QED) is 0.821. The Bertz CT molecular complexity index is 413. The topological polar surface area (TPSA) is 24.5 Å². The number of rotatable bonds is 7. The van der Waals surface area contributed by atoms with E-state index in [1.54, 1.807) is 0 Å². The summed E-state index contributed by atoms with van der Waals surface area (Å²) in [5, 5.41) is 3.68. The van der Waals surface area contributed by atoms with Gasteiger partial charge in [0.1, 0.15) is 5.75 Å². The predicted octanol–water partition coefficient (Wildman–Crippen LogP) is 4.01. The Balaban J connectivity index is 1.92. The maximum atomic E-state index is 5.84. The molecule has 21 heavy (non-hydrogen) atoms. The lowest BCUT2D eigenvalue weighted by Crippen LogP contribution is -2.39. The summed E-state index contributed by atoms with van der Waals surface area (Å²) in [7, 11) is 0. The van der Waals surface area contributed by atoms with Gasteiger partial charge in [-0.05, 0) is 63.9 Å². The maximum Gasteiger partial charge on any atom is 0.142 e. The fraction of sp³-hybridized carbons (Fsp3) is 0.667. The molecule has 0 spiro atoms. The van der Waals surface area contributed by atoms with Crippen LogP contribution < -0.4 is 10.1 Å². The van der Waals surface area contributed by atoms with E-state index in [2.05, 4.69) is 49.2 Å². The number of likely N-dealkylation sites (tertiary alicyclic amines) is 1. The number of piperidine rings is 1. The SMILES string of the molecule is CCCOc1ccccc1NC(C)C1CCN(CC)CC1. The number of anilines is 1. The molecule has 3 heteroatoms. The highest BCUT2D eigenvalue weighted by Gasteiger charge is 2.23. The van der Waals surface area contributed by atoms with Crippen LogP contribution in [0.1, 0.15) is 40.0 Å². The van der Waals surface area contributed by atoms with E-state index >= 15 is 0 Å². The fourth-order valence-corrected chi connectivity index (χ4v) is 3.06. The van der Waals surface area contributed by atoms with Crippen molar-refractivity contribution >= 4 is 5.69 Å². The average molecular weight is 290 g/mol. The zero-order chi connectivity index (χ0) is 15.1. The van der Waals surface area contributed by atoms with E-state index in [9.17, 15) is 0 Å². The molecule has 1 unspecified atom stereocenters. The Morgan fingerprint density at radius 2 is 1.95 bits per heavy atom. The predicted molar refractivity (Wildman–Crippen MR) is 90.2 cm³/mol. The first-order valence-corrected chi connectivity index (χ1v) is 8.45. The third kappa shape index (κ3) is 4.63. The fourth-order valence-electron chi connectivity index (χ4n) is 3.06. The van der Waals surface area contributed by atoms with Crippen molar-refractivity contribution in [1.82, 2.24) is 4.90 Å². The number of nitrogens with one attached hydrogen (secondary N) is 1. The van der Waals surface area contributed by atoms with E-state index in [-0.39, 0.29) is 0 Å². The number of nitrogens with zero attached hydrogens (tertiary/aromatic N) is 1. The molecule has 1 N–H and O–H groups in total. The highest BCUT2D eigenvalue weighted by atomic mass is 16.5. The molecule has 0 aromatic heterocycles. The van der Waals surface area contributed by atoms with Gasteiger partial charge in [-0.15, -0.1) is 0 Å². The van der Waals surface area contributed by atoms with Gasteiger partial charge < -0.3 is 15.0 Å². The number of benzene rings is 1. The molecule has 1 aromatic rings. The first-order chi connectivity index (χ1) is 10.2. The molecule has 118 valence electrons. The van der Waals surface area contributed by atoms with Crippen molar-refractivity contribution in [2.75, 3.05) is 31.6 Å². The zero-order valence-corrected chi connectivity index (χ0v) is 13.8. The number of para-hydroxylation sites is 2. The molecule has 3 nitrogen and oxygen atoms in total. The lowest BCUT2D eigenvalue weighted by atomic mass is 9.90. The Morgan fingerprint density at radius 3 is 2.62 bits per heavy atom. The molecule has 1 aliphatic rings. The first-order valence-electron chi connectivity index (χ1n) is 8.45. The molecule has 0 bridgehead atoms. The molecule has 2 rings (SSSR count). The molecule has 1 aromatic carbocycles. The van der Waals surface area contributed by atoms with E-state index < -0.39 is 0 Å². The van der Waals surface area contributed by atoms with Crippen LogP contribution in [0.25, 0.3) is 0 Å². The third-order valence-electron chi connectivity index (χ3n) is 4.52. The summed E-state index contributed by atoms with van der Waals surface area (Å²) >= 11 is 0. The van der Waals surface area contributed by atoms with Crippen molar-refractivity contribution in [2.45, 2.75) is 46.1 Å². The third-order valence-corrected chi connectivity index (χ3v) is 4.52. The standard InChI is InChI=1S/C18H30N2O/c1-4-14-21-18-9-7-6-8-17(18)19-15(3)16-10-12-20(5-2)13-11-16/h6-9,15-16,19H,4-5,10-14H2,1-3H3. The van der Waals surface area contributed by atoms with Crippen LogP contribution in [-0.2, 0) is 0 Å². The largest absolute Gasteiger partial charge is 0.491 e. The summed E-state index contributed by atoms with van der Waals surface area (Å²) in [6.07, 6.45) is 3.62. The van der Waals surface area contributed by atoms with Crippen LogP contribution >= 0.6 is 0 Å². The van der Waals surface area contributed by atoms with Gasteiger partial charge in [0.05, 0.1) is 12.3 Å². The molecule has 0 aliphatic carbocycles. The van der Waals surface area contributed by atoms with E-state index in [1.165, 1.54) is 32.5 Å². The zero-order valence-electron chi connectivity index (χ0n) is 13.8. The number of hydrogen-bond donors (Lipinski definition) is 1. The molecule has 1 atom stereocenters. The van der Waals surface area contributed by atoms with E-state index in [0.717, 1.165) is 30.4 Å². The maximum absolute atomic E-state index is 5.84. The van der Waals surface area contributed by atoms with Gasteiger partial charge in [-0.25, -0.2) is 0 Å². The van der Waals surface area contributed by atoms with E-state index in [4.69, 9.17) is 4.74 Å². The molecular formula is C18H30N2O. The van der Waals surface area contributed by atoms with E-state index in [0.29, 0.717) is 6.04 Å². The van der Waals surface area contributed by atoms with Gasteiger partial charge in [0.25, 0.3) is 0 Å². The van der Waals surface area contributed by atoms with Crippen LogP contribution in [0.4, 0.5) is 5.69 Å².